The third-order valence-corrected chi connectivity index (χ3v) is 3.70. The molecule has 0 spiro atoms. The van der Waals surface area contributed by atoms with Gasteiger partial charge in [-0.05, 0) is 18.4 Å². The average Bonchev–Trinajstić information content (AvgIpc) is 2.81. The lowest BCUT2D eigenvalue weighted by Gasteiger charge is -2.33. The van der Waals surface area contributed by atoms with Gasteiger partial charge >= 0.3 is 5.88 Å². The lowest BCUT2D eigenvalue weighted by atomic mass is 9.98. The van der Waals surface area contributed by atoms with Crippen LogP contribution in [0.4, 0.5) is 5.88 Å². The van der Waals surface area contributed by atoms with Gasteiger partial charge in [0.05, 0.1) is 11.4 Å². The van der Waals surface area contributed by atoms with Crippen LogP contribution in [-0.4, -0.2) is 34.2 Å². The second-order valence-corrected chi connectivity index (χ2v) is 4.99. The normalized spacial score (nSPS) is 24.0. The Morgan fingerprint density at radius 2 is 2.33 bits per heavy atom. The molecule has 0 radical (unpaired) electrons. The summed E-state index contributed by atoms with van der Waals surface area (Å²) in [7, 11) is 0. The van der Waals surface area contributed by atoms with Crippen LogP contribution in [0.5, 0.6) is 0 Å². The number of piperidine rings is 1. The lowest BCUT2D eigenvalue weighted by molar-refractivity contribution is -0.402. The van der Waals surface area contributed by atoms with Crippen molar-refractivity contribution in [3.8, 4) is 0 Å². The highest BCUT2D eigenvalue weighted by atomic mass is 35.5. The van der Waals surface area contributed by atoms with Crippen molar-refractivity contribution in [1.82, 2.24) is 4.90 Å². The Hall–Kier alpha value is -1.56. The number of nitrogens with zero attached hydrogens (tertiary/aromatic N) is 2. The first kappa shape index (κ1) is 12.9. The number of hydrogen-bond donors (Lipinski definition) is 0. The SMILES string of the molecule is CC1CCN(C(=O)c2ccc([N+](=O)[O-])o2)CC1Cl. The van der Waals surface area contributed by atoms with Gasteiger partial charge in [-0.25, -0.2) is 0 Å². The summed E-state index contributed by atoms with van der Waals surface area (Å²) in [5.74, 6) is -0.423. The third kappa shape index (κ3) is 2.48. The van der Waals surface area contributed by atoms with E-state index in [1.807, 2.05) is 6.92 Å². The van der Waals surface area contributed by atoms with Gasteiger partial charge in [0.25, 0.3) is 5.91 Å². The van der Waals surface area contributed by atoms with Gasteiger partial charge in [0, 0.05) is 13.1 Å². The molecule has 6 nitrogen and oxygen atoms in total. The Morgan fingerprint density at radius 3 is 2.89 bits per heavy atom. The lowest BCUT2D eigenvalue weighted by Crippen LogP contribution is -2.43. The number of alkyl halides is 1. The zero-order valence-electron chi connectivity index (χ0n) is 9.84. The highest BCUT2D eigenvalue weighted by Gasteiger charge is 2.30. The Morgan fingerprint density at radius 1 is 1.61 bits per heavy atom. The number of halogens is 1. The zero-order chi connectivity index (χ0) is 13.3. The van der Waals surface area contributed by atoms with Gasteiger partial charge in [0.1, 0.15) is 4.92 Å². The highest BCUT2D eigenvalue weighted by Crippen LogP contribution is 2.24. The van der Waals surface area contributed by atoms with Crippen LogP contribution in [0.1, 0.15) is 23.9 Å². The fraction of sp³-hybridized carbons (Fsp3) is 0.545. The zero-order valence-corrected chi connectivity index (χ0v) is 10.6. The molecule has 2 atom stereocenters. The molecule has 2 rings (SSSR count). The molecule has 1 aromatic rings. The molecule has 0 aromatic carbocycles. The number of amides is 1. The van der Waals surface area contributed by atoms with Crippen molar-refractivity contribution >= 4 is 23.4 Å². The smallest absolute Gasteiger partial charge is 0.395 e. The summed E-state index contributed by atoms with van der Waals surface area (Å²) in [4.78, 5) is 23.4. The van der Waals surface area contributed by atoms with Crippen molar-refractivity contribution < 1.29 is 14.1 Å². The molecule has 0 N–H and O–H groups in total. The molecule has 7 heteroatoms. The fourth-order valence-corrected chi connectivity index (χ4v) is 2.20. The maximum atomic E-state index is 12.0. The molecule has 1 amide bonds. The van der Waals surface area contributed by atoms with E-state index in [-0.39, 0.29) is 17.0 Å². The second-order valence-electron chi connectivity index (χ2n) is 4.43. The summed E-state index contributed by atoms with van der Waals surface area (Å²) < 4.78 is 4.89. The maximum Gasteiger partial charge on any atom is 0.433 e. The number of nitro groups is 1. The van der Waals surface area contributed by atoms with Crippen LogP contribution >= 0.6 is 11.6 Å². The largest absolute Gasteiger partial charge is 0.433 e. The highest BCUT2D eigenvalue weighted by molar-refractivity contribution is 6.21. The Labute approximate surface area is 109 Å². The number of furan rings is 1. The molecule has 0 saturated carbocycles. The molecule has 1 fully saturated rings. The van der Waals surface area contributed by atoms with Gasteiger partial charge < -0.3 is 9.32 Å². The molecular formula is C11H13ClN2O4. The standard InChI is InChI=1S/C11H13ClN2O4/c1-7-4-5-13(6-8(7)12)11(15)9-2-3-10(18-9)14(16)17/h2-3,7-8H,4-6H2,1H3. The molecule has 0 bridgehead atoms. The van der Waals surface area contributed by atoms with Crippen LogP contribution in [0, 0.1) is 16.0 Å². The summed E-state index contributed by atoms with van der Waals surface area (Å²) in [5.41, 5.74) is 0. The van der Waals surface area contributed by atoms with E-state index in [0.29, 0.717) is 19.0 Å². The number of rotatable bonds is 2. The molecule has 1 aliphatic heterocycles. The van der Waals surface area contributed by atoms with E-state index in [1.54, 1.807) is 4.90 Å². The molecule has 0 aliphatic carbocycles. The minimum Gasteiger partial charge on any atom is -0.395 e. The molecule has 1 aromatic heterocycles. The number of carbonyl (C=O) groups excluding carboxylic acids is 1. The van der Waals surface area contributed by atoms with Crippen LogP contribution in [0.15, 0.2) is 16.5 Å². The van der Waals surface area contributed by atoms with Crippen LogP contribution in [0.25, 0.3) is 0 Å². The van der Waals surface area contributed by atoms with E-state index >= 15 is 0 Å². The number of hydrogen-bond acceptors (Lipinski definition) is 4. The van der Waals surface area contributed by atoms with Gasteiger partial charge in [-0.15, -0.1) is 11.6 Å². The first-order chi connectivity index (χ1) is 8.49. The van der Waals surface area contributed by atoms with Gasteiger partial charge in [0.15, 0.2) is 5.76 Å². The van der Waals surface area contributed by atoms with Crippen LogP contribution < -0.4 is 0 Å². The first-order valence-corrected chi connectivity index (χ1v) is 6.10. The van der Waals surface area contributed by atoms with Crippen LogP contribution in [0.3, 0.4) is 0 Å². The predicted octanol–water partition coefficient (Wildman–Crippen LogP) is 2.28. The third-order valence-electron chi connectivity index (χ3n) is 3.14. The monoisotopic (exact) mass is 272 g/mol. The number of likely N-dealkylation sites (tertiary alicyclic amines) is 1. The van der Waals surface area contributed by atoms with Crippen LogP contribution in [-0.2, 0) is 0 Å². The molecule has 1 aliphatic rings. The minimum absolute atomic E-state index is 0.0138. The topological polar surface area (TPSA) is 76.6 Å². The number of carbonyl (C=O) groups is 1. The molecule has 98 valence electrons. The van der Waals surface area contributed by atoms with E-state index in [2.05, 4.69) is 0 Å². The summed E-state index contributed by atoms with van der Waals surface area (Å²) in [6.07, 6.45) is 0.822. The average molecular weight is 273 g/mol. The summed E-state index contributed by atoms with van der Waals surface area (Å²) in [6, 6.07) is 2.50. The van der Waals surface area contributed by atoms with Crippen molar-refractivity contribution in [2.75, 3.05) is 13.1 Å². The van der Waals surface area contributed by atoms with Crippen LogP contribution in [0.2, 0.25) is 0 Å². The first-order valence-electron chi connectivity index (χ1n) is 5.66. The maximum absolute atomic E-state index is 12.0. The van der Waals surface area contributed by atoms with Crippen molar-refractivity contribution in [3.63, 3.8) is 0 Å². The molecule has 2 heterocycles. The Kier molecular flexibility index (Phi) is 3.56. The van der Waals surface area contributed by atoms with Gasteiger partial charge in [-0.2, -0.15) is 0 Å². The fourth-order valence-electron chi connectivity index (χ4n) is 1.90. The van der Waals surface area contributed by atoms with E-state index in [4.69, 9.17) is 16.0 Å². The molecular weight excluding hydrogens is 260 g/mol. The van der Waals surface area contributed by atoms with Crippen molar-refractivity contribution in [1.29, 1.82) is 0 Å². The summed E-state index contributed by atoms with van der Waals surface area (Å²) in [6.45, 7) is 3.07. The summed E-state index contributed by atoms with van der Waals surface area (Å²) >= 11 is 6.12. The molecule has 18 heavy (non-hydrogen) atoms. The summed E-state index contributed by atoms with van der Waals surface area (Å²) in [5, 5.41) is 10.4. The van der Waals surface area contributed by atoms with Crippen molar-refractivity contribution in [3.05, 3.63) is 28.0 Å². The van der Waals surface area contributed by atoms with Gasteiger partial charge in [-0.3, -0.25) is 14.9 Å². The van der Waals surface area contributed by atoms with Gasteiger partial charge in [-0.1, -0.05) is 6.92 Å². The Balaban J connectivity index is 2.09. The van der Waals surface area contributed by atoms with Gasteiger partial charge in [0.2, 0.25) is 0 Å². The Bertz CT molecular complexity index is 473. The predicted molar refractivity (Wildman–Crippen MR) is 64.7 cm³/mol. The van der Waals surface area contributed by atoms with Crippen molar-refractivity contribution in [2.24, 2.45) is 5.92 Å². The quantitative estimate of drug-likeness (QED) is 0.470. The second kappa shape index (κ2) is 4.97. The van der Waals surface area contributed by atoms with E-state index < -0.39 is 10.8 Å². The minimum atomic E-state index is -0.667. The van der Waals surface area contributed by atoms with Crippen molar-refractivity contribution in [2.45, 2.75) is 18.7 Å². The molecule has 2 unspecified atom stereocenters. The van der Waals surface area contributed by atoms with E-state index in [1.165, 1.54) is 12.1 Å². The molecule has 1 saturated heterocycles. The van der Waals surface area contributed by atoms with E-state index in [9.17, 15) is 14.9 Å². The van der Waals surface area contributed by atoms with E-state index in [0.717, 1.165) is 6.42 Å².